The van der Waals surface area contributed by atoms with Gasteiger partial charge in [-0.2, -0.15) is 11.8 Å². The summed E-state index contributed by atoms with van der Waals surface area (Å²) in [6.45, 7) is 2.83. The Kier molecular flexibility index (Phi) is 7.30. The van der Waals surface area contributed by atoms with E-state index in [2.05, 4.69) is 16.0 Å². The van der Waals surface area contributed by atoms with Gasteiger partial charge in [-0.1, -0.05) is 0 Å². The van der Waals surface area contributed by atoms with Gasteiger partial charge < -0.3 is 25.6 Å². The van der Waals surface area contributed by atoms with E-state index >= 15 is 0 Å². The van der Waals surface area contributed by atoms with E-state index < -0.39 is 30.6 Å². The highest BCUT2D eigenvalue weighted by molar-refractivity contribution is 7.99. The fourth-order valence-electron chi connectivity index (χ4n) is 3.01. The van der Waals surface area contributed by atoms with Gasteiger partial charge >= 0.3 is 0 Å². The smallest absolute Gasteiger partial charge is 0.217 e. The Hall–Kier alpha value is -0.870. The van der Waals surface area contributed by atoms with E-state index in [1.54, 1.807) is 0 Å². The molecule has 0 spiro atoms. The number of hydrogen-bond acceptors (Lipinski definition) is 7. The summed E-state index contributed by atoms with van der Waals surface area (Å²) in [5, 5.41) is 29.3. The molecule has 0 aromatic carbocycles. The molecule has 8 nitrogen and oxygen atoms in total. The van der Waals surface area contributed by atoms with Crippen molar-refractivity contribution in [2.24, 2.45) is 0 Å². The molecule has 138 valence electrons. The van der Waals surface area contributed by atoms with E-state index in [-0.39, 0.29) is 24.4 Å². The summed E-state index contributed by atoms with van der Waals surface area (Å²) in [5.74, 6) is 1.56. The van der Waals surface area contributed by atoms with Crippen LogP contribution in [-0.4, -0.2) is 76.7 Å². The van der Waals surface area contributed by atoms with Gasteiger partial charge in [0.1, 0.15) is 24.5 Å². The SMILES string of the molecule is CC(=O)NCC1O[C@@H](NC2CCSCC2)C(NC(C)=O)C(O)[C@@H]1O. The molecule has 5 atom stereocenters. The zero-order valence-corrected chi connectivity index (χ0v) is 14.8. The summed E-state index contributed by atoms with van der Waals surface area (Å²) < 4.78 is 5.88. The molecule has 0 radical (unpaired) electrons. The highest BCUT2D eigenvalue weighted by Crippen LogP contribution is 2.23. The number of rotatable bonds is 5. The van der Waals surface area contributed by atoms with Crippen molar-refractivity contribution in [2.75, 3.05) is 18.1 Å². The molecule has 2 fully saturated rings. The van der Waals surface area contributed by atoms with Crippen molar-refractivity contribution in [1.29, 1.82) is 0 Å². The van der Waals surface area contributed by atoms with Crippen LogP contribution in [0.4, 0.5) is 0 Å². The van der Waals surface area contributed by atoms with Crippen LogP contribution in [0, 0.1) is 0 Å². The molecule has 2 aliphatic heterocycles. The van der Waals surface area contributed by atoms with E-state index in [0.29, 0.717) is 0 Å². The number of ether oxygens (including phenoxy) is 1. The van der Waals surface area contributed by atoms with Crippen molar-refractivity contribution < 1.29 is 24.5 Å². The second-order valence-corrected chi connectivity index (χ2v) is 7.52. The number of amides is 2. The quantitative estimate of drug-likeness (QED) is 0.407. The molecular weight excluding hydrogens is 334 g/mol. The molecular formula is C15H27N3O5S. The maximum atomic E-state index is 11.5. The van der Waals surface area contributed by atoms with Gasteiger partial charge in [0, 0.05) is 26.4 Å². The number of nitrogens with one attached hydrogen (secondary N) is 3. The molecule has 3 unspecified atom stereocenters. The number of carbonyl (C=O) groups is 2. The van der Waals surface area contributed by atoms with Crippen LogP contribution >= 0.6 is 11.8 Å². The van der Waals surface area contributed by atoms with Crippen LogP contribution in [0.2, 0.25) is 0 Å². The minimum atomic E-state index is -1.20. The summed E-state index contributed by atoms with van der Waals surface area (Å²) in [6, 6.07) is -0.517. The fraction of sp³-hybridized carbons (Fsp3) is 0.867. The Bertz CT molecular complexity index is 445. The third kappa shape index (κ3) is 5.32. The van der Waals surface area contributed by atoms with Crippen molar-refractivity contribution in [2.45, 2.75) is 63.3 Å². The van der Waals surface area contributed by atoms with Crippen LogP contribution < -0.4 is 16.0 Å². The zero-order chi connectivity index (χ0) is 17.7. The largest absolute Gasteiger partial charge is 0.388 e. The molecule has 5 N–H and O–H groups in total. The lowest BCUT2D eigenvalue weighted by Crippen LogP contribution is -2.69. The van der Waals surface area contributed by atoms with Crippen LogP contribution in [-0.2, 0) is 14.3 Å². The first-order valence-corrected chi connectivity index (χ1v) is 9.41. The first kappa shape index (κ1) is 19.5. The topological polar surface area (TPSA) is 120 Å². The molecule has 0 aromatic heterocycles. The molecule has 2 heterocycles. The predicted octanol–water partition coefficient (Wildman–Crippen LogP) is -1.44. The monoisotopic (exact) mass is 361 g/mol. The van der Waals surface area contributed by atoms with E-state index in [1.165, 1.54) is 13.8 Å². The molecule has 0 aliphatic carbocycles. The van der Waals surface area contributed by atoms with Crippen molar-refractivity contribution in [3.8, 4) is 0 Å². The van der Waals surface area contributed by atoms with Gasteiger partial charge in [0.15, 0.2) is 0 Å². The van der Waals surface area contributed by atoms with Crippen LogP contribution in [0.25, 0.3) is 0 Å². The first-order chi connectivity index (χ1) is 11.4. The maximum absolute atomic E-state index is 11.5. The highest BCUT2D eigenvalue weighted by Gasteiger charge is 2.45. The van der Waals surface area contributed by atoms with Gasteiger partial charge in [0.2, 0.25) is 11.8 Å². The summed E-state index contributed by atoms with van der Waals surface area (Å²) in [4.78, 5) is 22.5. The Labute approximate surface area is 146 Å². The van der Waals surface area contributed by atoms with Gasteiger partial charge in [-0.05, 0) is 24.3 Å². The highest BCUT2D eigenvalue weighted by atomic mass is 32.2. The number of carbonyl (C=O) groups excluding carboxylic acids is 2. The Morgan fingerprint density at radius 3 is 2.38 bits per heavy atom. The summed E-state index contributed by atoms with van der Waals surface area (Å²) in [6.07, 6.45) is -1.80. The molecule has 2 amide bonds. The van der Waals surface area contributed by atoms with E-state index in [1.807, 2.05) is 11.8 Å². The lowest BCUT2D eigenvalue weighted by Gasteiger charge is -2.44. The number of aliphatic hydroxyl groups is 2. The van der Waals surface area contributed by atoms with Crippen LogP contribution in [0.5, 0.6) is 0 Å². The van der Waals surface area contributed by atoms with Crippen molar-refractivity contribution in [3.05, 3.63) is 0 Å². The second-order valence-electron chi connectivity index (χ2n) is 6.29. The van der Waals surface area contributed by atoms with Crippen molar-refractivity contribution >= 4 is 23.6 Å². The van der Waals surface area contributed by atoms with Crippen molar-refractivity contribution in [1.82, 2.24) is 16.0 Å². The van der Waals surface area contributed by atoms with Gasteiger partial charge in [-0.15, -0.1) is 0 Å². The molecule has 2 aliphatic rings. The third-order valence-corrected chi connectivity index (χ3v) is 5.34. The molecule has 24 heavy (non-hydrogen) atoms. The van der Waals surface area contributed by atoms with Gasteiger partial charge in [-0.3, -0.25) is 14.9 Å². The maximum Gasteiger partial charge on any atom is 0.217 e. The van der Waals surface area contributed by atoms with Gasteiger partial charge in [0.25, 0.3) is 0 Å². The lowest BCUT2D eigenvalue weighted by molar-refractivity contribution is -0.194. The molecule has 2 rings (SSSR count). The van der Waals surface area contributed by atoms with Gasteiger partial charge in [0.05, 0.1) is 6.04 Å². The predicted molar refractivity (Wildman–Crippen MR) is 90.4 cm³/mol. The Morgan fingerprint density at radius 1 is 1.12 bits per heavy atom. The van der Waals surface area contributed by atoms with E-state index in [4.69, 9.17) is 4.74 Å². The molecule has 0 saturated carbocycles. The number of thioether (sulfide) groups is 1. The second kappa shape index (κ2) is 9.00. The average Bonchev–Trinajstić information content (AvgIpc) is 2.53. The molecule has 0 bridgehead atoms. The fourth-order valence-corrected chi connectivity index (χ4v) is 4.12. The minimum absolute atomic E-state index is 0.0963. The van der Waals surface area contributed by atoms with Crippen molar-refractivity contribution in [3.63, 3.8) is 0 Å². The minimum Gasteiger partial charge on any atom is -0.388 e. The average molecular weight is 361 g/mol. The number of aliphatic hydroxyl groups excluding tert-OH is 2. The van der Waals surface area contributed by atoms with Gasteiger partial charge in [-0.25, -0.2) is 0 Å². The van der Waals surface area contributed by atoms with E-state index in [0.717, 1.165) is 24.3 Å². The van der Waals surface area contributed by atoms with Crippen LogP contribution in [0.1, 0.15) is 26.7 Å². The molecule has 2 saturated heterocycles. The lowest BCUT2D eigenvalue weighted by atomic mass is 9.94. The summed E-state index contributed by atoms with van der Waals surface area (Å²) >= 11 is 1.90. The zero-order valence-electron chi connectivity index (χ0n) is 14.0. The van der Waals surface area contributed by atoms with E-state index in [9.17, 15) is 19.8 Å². The summed E-state index contributed by atoms with van der Waals surface area (Å²) in [7, 11) is 0. The normalized spacial score (nSPS) is 34.6. The standard InChI is InChI=1S/C15H27N3O5S/c1-8(19)16-7-11-13(21)14(22)12(17-9(2)20)15(23-11)18-10-3-5-24-6-4-10/h10-15,18,21-22H,3-7H2,1-2H3,(H,16,19)(H,17,20)/t11?,12?,13-,14?,15-/m1/s1. The van der Waals surface area contributed by atoms with Crippen LogP contribution in [0.15, 0.2) is 0 Å². The first-order valence-electron chi connectivity index (χ1n) is 8.25. The Morgan fingerprint density at radius 2 is 1.79 bits per heavy atom. The summed E-state index contributed by atoms with van der Waals surface area (Å²) in [5.41, 5.74) is 0. The molecule has 9 heteroatoms. The molecule has 0 aromatic rings. The van der Waals surface area contributed by atoms with Crippen LogP contribution in [0.3, 0.4) is 0 Å². The number of hydrogen-bond donors (Lipinski definition) is 5. The Balaban J connectivity index is 2.06. The third-order valence-electron chi connectivity index (χ3n) is 4.29.